The molecule has 0 radical (unpaired) electrons. The van der Waals surface area contributed by atoms with E-state index in [-0.39, 0.29) is 18.6 Å². The van der Waals surface area contributed by atoms with Crippen molar-refractivity contribution in [2.45, 2.75) is 52.0 Å². The zero-order valence-corrected chi connectivity index (χ0v) is 11.7. The standard InChI is InChI=1S/C14H28N2O2/c1-10(2)13(15)7-14(18)16-8-11-5-3-4-6-12(11)9-17/h10-13,17H,3-9,15H2,1-2H3,(H,16,18). The zero-order valence-electron chi connectivity index (χ0n) is 11.7. The van der Waals surface area contributed by atoms with Crippen LogP contribution in [0.2, 0.25) is 0 Å². The molecule has 0 spiro atoms. The number of nitrogens with one attached hydrogen (secondary N) is 1. The Bertz CT molecular complexity index is 256. The number of carbonyl (C=O) groups excluding carboxylic acids is 1. The molecule has 18 heavy (non-hydrogen) atoms. The van der Waals surface area contributed by atoms with E-state index in [4.69, 9.17) is 5.73 Å². The summed E-state index contributed by atoms with van der Waals surface area (Å²) in [6, 6.07) is -0.0648. The minimum atomic E-state index is -0.0648. The lowest BCUT2D eigenvalue weighted by molar-refractivity contribution is -0.122. The molecule has 4 nitrogen and oxygen atoms in total. The molecule has 0 aromatic carbocycles. The van der Waals surface area contributed by atoms with Gasteiger partial charge in [0, 0.05) is 25.6 Å². The van der Waals surface area contributed by atoms with E-state index in [1.165, 1.54) is 12.8 Å². The smallest absolute Gasteiger partial charge is 0.221 e. The second-order valence-electron chi connectivity index (χ2n) is 5.90. The highest BCUT2D eigenvalue weighted by atomic mass is 16.3. The number of hydrogen-bond acceptors (Lipinski definition) is 3. The van der Waals surface area contributed by atoms with Gasteiger partial charge in [-0.25, -0.2) is 0 Å². The monoisotopic (exact) mass is 256 g/mol. The Balaban J connectivity index is 2.28. The van der Waals surface area contributed by atoms with E-state index in [0.29, 0.717) is 30.7 Å². The molecule has 1 rings (SSSR count). The van der Waals surface area contributed by atoms with Gasteiger partial charge in [0.1, 0.15) is 0 Å². The average Bonchev–Trinajstić information content (AvgIpc) is 2.36. The molecule has 0 bridgehead atoms. The maximum atomic E-state index is 11.7. The molecule has 0 aliphatic heterocycles. The van der Waals surface area contributed by atoms with Gasteiger partial charge in [-0.15, -0.1) is 0 Å². The Morgan fingerprint density at radius 2 is 1.94 bits per heavy atom. The van der Waals surface area contributed by atoms with Crippen LogP contribution in [0.4, 0.5) is 0 Å². The molecule has 1 aliphatic carbocycles. The molecule has 1 fully saturated rings. The van der Waals surface area contributed by atoms with E-state index >= 15 is 0 Å². The molecule has 1 amide bonds. The molecular weight excluding hydrogens is 228 g/mol. The number of aliphatic hydroxyl groups excluding tert-OH is 1. The second kappa shape index (κ2) is 7.74. The predicted molar refractivity (Wildman–Crippen MR) is 73.0 cm³/mol. The van der Waals surface area contributed by atoms with Gasteiger partial charge < -0.3 is 16.2 Å². The lowest BCUT2D eigenvalue weighted by Crippen LogP contribution is -2.39. The molecule has 0 aromatic heterocycles. The first-order valence-corrected chi connectivity index (χ1v) is 7.17. The highest BCUT2D eigenvalue weighted by Gasteiger charge is 2.25. The van der Waals surface area contributed by atoms with E-state index in [9.17, 15) is 9.90 Å². The van der Waals surface area contributed by atoms with Crippen molar-refractivity contribution in [2.75, 3.05) is 13.2 Å². The third-order valence-electron chi connectivity index (χ3n) is 4.14. The highest BCUT2D eigenvalue weighted by Crippen LogP contribution is 2.29. The Labute approximate surface area is 110 Å². The van der Waals surface area contributed by atoms with Crippen molar-refractivity contribution in [3.63, 3.8) is 0 Å². The third-order valence-corrected chi connectivity index (χ3v) is 4.14. The van der Waals surface area contributed by atoms with E-state index in [2.05, 4.69) is 5.32 Å². The number of amides is 1. The van der Waals surface area contributed by atoms with Crippen LogP contribution in [-0.4, -0.2) is 30.2 Å². The summed E-state index contributed by atoms with van der Waals surface area (Å²) in [5, 5.41) is 12.3. The topological polar surface area (TPSA) is 75.4 Å². The molecule has 0 aromatic rings. The quantitative estimate of drug-likeness (QED) is 0.670. The first kappa shape index (κ1) is 15.4. The highest BCUT2D eigenvalue weighted by molar-refractivity contribution is 5.76. The van der Waals surface area contributed by atoms with Gasteiger partial charge in [0.05, 0.1) is 0 Å². The van der Waals surface area contributed by atoms with Gasteiger partial charge in [-0.2, -0.15) is 0 Å². The summed E-state index contributed by atoms with van der Waals surface area (Å²) < 4.78 is 0. The maximum absolute atomic E-state index is 11.7. The molecule has 0 saturated heterocycles. The van der Waals surface area contributed by atoms with E-state index in [0.717, 1.165) is 12.8 Å². The average molecular weight is 256 g/mol. The van der Waals surface area contributed by atoms with Crippen molar-refractivity contribution >= 4 is 5.91 Å². The molecule has 0 heterocycles. The van der Waals surface area contributed by atoms with Crippen LogP contribution in [0.5, 0.6) is 0 Å². The lowest BCUT2D eigenvalue weighted by atomic mass is 9.79. The largest absolute Gasteiger partial charge is 0.396 e. The molecule has 1 aliphatic rings. The van der Waals surface area contributed by atoms with E-state index in [1.807, 2.05) is 13.8 Å². The van der Waals surface area contributed by atoms with Gasteiger partial charge in [0.2, 0.25) is 5.91 Å². The Kier molecular flexibility index (Phi) is 6.65. The third kappa shape index (κ3) is 4.94. The molecule has 4 N–H and O–H groups in total. The molecular formula is C14H28N2O2. The van der Waals surface area contributed by atoms with Crippen molar-refractivity contribution < 1.29 is 9.90 Å². The van der Waals surface area contributed by atoms with Crippen LogP contribution in [0.3, 0.4) is 0 Å². The Hall–Kier alpha value is -0.610. The van der Waals surface area contributed by atoms with Gasteiger partial charge >= 0.3 is 0 Å². The summed E-state index contributed by atoms with van der Waals surface area (Å²) in [7, 11) is 0. The van der Waals surface area contributed by atoms with Crippen LogP contribution in [0, 0.1) is 17.8 Å². The predicted octanol–water partition coefficient (Wildman–Crippen LogP) is 1.27. The molecule has 4 heteroatoms. The summed E-state index contributed by atoms with van der Waals surface area (Å²) in [5.41, 5.74) is 5.88. The normalized spacial score (nSPS) is 26.1. The van der Waals surface area contributed by atoms with Crippen molar-refractivity contribution in [1.29, 1.82) is 0 Å². The van der Waals surface area contributed by atoms with Crippen LogP contribution in [-0.2, 0) is 4.79 Å². The number of hydrogen-bond donors (Lipinski definition) is 3. The zero-order chi connectivity index (χ0) is 13.5. The Morgan fingerprint density at radius 1 is 1.33 bits per heavy atom. The maximum Gasteiger partial charge on any atom is 0.221 e. The van der Waals surface area contributed by atoms with Crippen molar-refractivity contribution in [3.8, 4) is 0 Å². The van der Waals surface area contributed by atoms with Gasteiger partial charge in [-0.3, -0.25) is 4.79 Å². The van der Waals surface area contributed by atoms with Crippen LogP contribution >= 0.6 is 0 Å². The molecule has 1 saturated carbocycles. The lowest BCUT2D eigenvalue weighted by Gasteiger charge is -2.30. The van der Waals surface area contributed by atoms with Gasteiger partial charge in [0.15, 0.2) is 0 Å². The van der Waals surface area contributed by atoms with Gasteiger partial charge in [-0.05, 0) is 30.6 Å². The van der Waals surface area contributed by atoms with Crippen LogP contribution < -0.4 is 11.1 Å². The fourth-order valence-corrected chi connectivity index (χ4v) is 2.56. The first-order valence-electron chi connectivity index (χ1n) is 7.17. The fourth-order valence-electron chi connectivity index (χ4n) is 2.56. The van der Waals surface area contributed by atoms with E-state index in [1.54, 1.807) is 0 Å². The summed E-state index contributed by atoms with van der Waals surface area (Å²) in [6.45, 7) is 4.99. The van der Waals surface area contributed by atoms with Crippen LogP contribution in [0.1, 0.15) is 46.0 Å². The summed E-state index contributed by atoms with van der Waals surface area (Å²) >= 11 is 0. The summed E-state index contributed by atoms with van der Waals surface area (Å²) in [6.07, 6.45) is 5.01. The van der Waals surface area contributed by atoms with Gasteiger partial charge in [-0.1, -0.05) is 26.7 Å². The second-order valence-corrected chi connectivity index (χ2v) is 5.90. The van der Waals surface area contributed by atoms with Crippen LogP contribution in [0.15, 0.2) is 0 Å². The summed E-state index contributed by atoms with van der Waals surface area (Å²) in [5.74, 6) is 1.16. The van der Waals surface area contributed by atoms with Crippen LogP contribution in [0.25, 0.3) is 0 Å². The fraction of sp³-hybridized carbons (Fsp3) is 0.929. The number of nitrogens with two attached hydrogens (primary N) is 1. The minimum absolute atomic E-state index is 0.0402. The van der Waals surface area contributed by atoms with Crippen molar-refractivity contribution in [3.05, 3.63) is 0 Å². The van der Waals surface area contributed by atoms with Crippen molar-refractivity contribution in [2.24, 2.45) is 23.5 Å². The molecule has 3 atom stereocenters. The number of aliphatic hydroxyl groups is 1. The Morgan fingerprint density at radius 3 is 2.50 bits per heavy atom. The first-order chi connectivity index (χ1) is 8.54. The molecule has 3 unspecified atom stereocenters. The molecule has 106 valence electrons. The van der Waals surface area contributed by atoms with E-state index < -0.39 is 0 Å². The number of carbonyl (C=O) groups is 1. The summed E-state index contributed by atoms with van der Waals surface area (Å²) in [4.78, 5) is 11.7. The SMILES string of the molecule is CC(C)C(N)CC(=O)NCC1CCCCC1CO. The van der Waals surface area contributed by atoms with Gasteiger partial charge in [0.25, 0.3) is 0 Å². The van der Waals surface area contributed by atoms with Crippen molar-refractivity contribution in [1.82, 2.24) is 5.32 Å². The minimum Gasteiger partial charge on any atom is -0.396 e. The number of rotatable bonds is 6.